The molecule has 0 aromatic heterocycles. The molecule has 0 aliphatic carbocycles. The molecule has 1 saturated heterocycles. The van der Waals surface area contributed by atoms with Gasteiger partial charge in [0.05, 0.1) is 0 Å². The predicted octanol–water partition coefficient (Wildman–Crippen LogP) is 2.77. The summed E-state index contributed by atoms with van der Waals surface area (Å²) >= 11 is 3.40. The third kappa shape index (κ3) is 2.96. The zero-order valence-electron chi connectivity index (χ0n) is 7.15. The summed E-state index contributed by atoms with van der Waals surface area (Å²) in [5, 5.41) is 0. The molecule has 0 saturated carbocycles. The summed E-state index contributed by atoms with van der Waals surface area (Å²) in [5.74, 6) is 0. The lowest BCUT2D eigenvalue weighted by Gasteiger charge is -2.32. The van der Waals surface area contributed by atoms with Gasteiger partial charge in [0.1, 0.15) is 0 Å². The molecular weight excluding hydrogens is 202 g/mol. The zero-order valence-corrected chi connectivity index (χ0v) is 8.73. The van der Waals surface area contributed by atoms with Crippen molar-refractivity contribution in [1.29, 1.82) is 0 Å². The highest BCUT2D eigenvalue weighted by Crippen LogP contribution is 2.18. The van der Waals surface area contributed by atoms with Crippen molar-refractivity contribution in [3.8, 4) is 0 Å². The van der Waals surface area contributed by atoms with Gasteiger partial charge in [0.25, 0.3) is 0 Å². The van der Waals surface area contributed by atoms with Crippen molar-refractivity contribution in [2.45, 2.75) is 32.2 Å². The standard InChI is InChI=1S/C9H16BrN/c1-8(10)7-11-6-4-3-5-9(11)2/h9H,1,3-7H2,2H3. The van der Waals surface area contributed by atoms with Crippen molar-refractivity contribution in [3.63, 3.8) is 0 Å². The lowest BCUT2D eigenvalue weighted by molar-refractivity contribution is 0.178. The van der Waals surface area contributed by atoms with Gasteiger partial charge in [-0.1, -0.05) is 28.9 Å². The van der Waals surface area contributed by atoms with Crippen molar-refractivity contribution in [1.82, 2.24) is 4.90 Å². The highest BCUT2D eigenvalue weighted by Gasteiger charge is 2.17. The summed E-state index contributed by atoms with van der Waals surface area (Å²) in [4.78, 5) is 2.49. The van der Waals surface area contributed by atoms with E-state index in [2.05, 4.69) is 34.3 Å². The molecule has 1 heterocycles. The smallest absolute Gasteiger partial charge is 0.0296 e. The molecule has 0 radical (unpaired) electrons. The van der Waals surface area contributed by atoms with Crippen LogP contribution in [0.1, 0.15) is 26.2 Å². The third-order valence-electron chi connectivity index (χ3n) is 2.32. The Morgan fingerprint density at radius 2 is 2.36 bits per heavy atom. The van der Waals surface area contributed by atoms with Crippen LogP contribution in [-0.4, -0.2) is 24.0 Å². The van der Waals surface area contributed by atoms with Crippen molar-refractivity contribution in [2.24, 2.45) is 0 Å². The van der Waals surface area contributed by atoms with E-state index in [9.17, 15) is 0 Å². The molecule has 0 N–H and O–H groups in total. The molecule has 1 atom stereocenters. The molecule has 0 aromatic rings. The SMILES string of the molecule is C=C(Br)CN1CCCCC1C. The van der Waals surface area contributed by atoms with Crippen LogP contribution in [-0.2, 0) is 0 Å². The lowest BCUT2D eigenvalue weighted by atomic mass is 10.0. The van der Waals surface area contributed by atoms with Gasteiger partial charge in [-0.05, 0) is 26.3 Å². The Balaban J connectivity index is 2.35. The van der Waals surface area contributed by atoms with E-state index in [1.54, 1.807) is 0 Å². The summed E-state index contributed by atoms with van der Waals surface area (Å²) in [6.07, 6.45) is 4.09. The van der Waals surface area contributed by atoms with Crippen LogP contribution in [0.5, 0.6) is 0 Å². The first-order valence-corrected chi connectivity index (χ1v) is 5.07. The molecule has 1 rings (SSSR count). The van der Waals surface area contributed by atoms with Crippen LogP contribution in [0.15, 0.2) is 11.1 Å². The first kappa shape index (κ1) is 9.27. The second kappa shape index (κ2) is 4.27. The topological polar surface area (TPSA) is 3.24 Å². The number of nitrogens with zero attached hydrogens (tertiary/aromatic N) is 1. The predicted molar refractivity (Wildman–Crippen MR) is 53.0 cm³/mol. The number of hydrogen-bond acceptors (Lipinski definition) is 1. The van der Waals surface area contributed by atoms with Crippen LogP contribution in [0, 0.1) is 0 Å². The fourth-order valence-corrected chi connectivity index (χ4v) is 1.93. The van der Waals surface area contributed by atoms with Gasteiger partial charge in [0, 0.05) is 17.1 Å². The van der Waals surface area contributed by atoms with Gasteiger partial charge in [0.15, 0.2) is 0 Å². The van der Waals surface area contributed by atoms with E-state index in [0.29, 0.717) is 0 Å². The van der Waals surface area contributed by atoms with E-state index < -0.39 is 0 Å². The highest BCUT2D eigenvalue weighted by molar-refractivity contribution is 9.11. The fraction of sp³-hybridized carbons (Fsp3) is 0.778. The number of halogens is 1. The minimum Gasteiger partial charge on any atom is -0.296 e. The maximum absolute atomic E-state index is 3.86. The molecule has 1 fully saturated rings. The van der Waals surface area contributed by atoms with Gasteiger partial charge < -0.3 is 0 Å². The minimum atomic E-state index is 0.748. The van der Waals surface area contributed by atoms with Crippen molar-refractivity contribution in [3.05, 3.63) is 11.1 Å². The molecule has 0 spiro atoms. The maximum Gasteiger partial charge on any atom is 0.0296 e. The zero-order chi connectivity index (χ0) is 8.27. The van der Waals surface area contributed by atoms with Gasteiger partial charge in [-0.25, -0.2) is 0 Å². The first-order chi connectivity index (χ1) is 5.20. The first-order valence-electron chi connectivity index (χ1n) is 4.27. The van der Waals surface area contributed by atoms with E-state index in [1.165, 1.54) is 25.8 Å². The Kier molecular flexibility index (Phi) is 3.60. The van der Waals surface area contributed by atoms with Gasteiger partial charge in [-0.3, -0.25) is 4.90 Å². The molecule has 1 nitrogen and oxygen atoms in total. The molecule has 11 heavy (non-hydrogen) atoms. The molecule has 1 unspecified atom stereocenters. The normalized spacial score (nSPS) is 26.9. The molecule has 1 aliphatic rings. The van der Waals surface area contributed by atoms with Crippen molar-refractivity contribution in [2.75, 3.05) is 13.1 Å². The van der Waals surface area contributed by atoms with Crippen LogP contribution >= 0.6 is 15.9 Å². The van der Waals surface area contributed by atoms with E-state index in [4.69, 9.17) is 0 Å². The van der Waals surface area contributed by atoms with Gasteiger partial charge >= 0.3 is 0 Å². The largest absolute Gasteiger partial charge is 0.296 e. The van der Waals surface area contributed by atoms with E-state index in [-0.39, 0.29) is 0 Å². The number of hydrogen-bond donors (Lipinski definition) is 0. The number of rotatable bonds is 2. The Bertz CT molecular complexity index is 144. The van der Waals surface area contributed by atoms with Crippen molar-refractivity contribution >= 4 is 15.9 Å². The molecular formula is C9H16BrN. The van der Waals surface area contributed by atoms with Gasteiger partial charge in [0.2, 0.25) is 0 Å². The number of likely N-dealkylation sites (tertiary alicyclic amines) is 1. The Morgan fingerprint density at radius 1 is 1.64 bits per heavy atom. The highest BCUT2D eigenvalue weighted by atomic mass is 79.9. The summed E-state index contributed by atoms with van der Waals surface area (Å²) in [7, 11) is 0. The summed E-state index contributed by atoms with van der Waals surface area (Å²) in [5.41, 5.74) is 0. The van der Waals surface area contributed by atoms with E-state index in [0.717, 1.165) is 17.1 Å². The van der Waals surface area contributed by atoms with Crippen LogP contribution in [0.2, 0.25) is 0 Å². The quantitative estimate of drug-likeness (QED) is 0.688. The molecule has 0 aromatic carbocycles. The van der Waals surface area contributed by atoms with Crippen LogP contribution in [0.3, 0.4) is 0 Å². The van der Waals surface area contributed by atoms with Crippen LogP contribution < -0.4 is 0 Å². The Labute approximate surface area is 77.6 Å². The van der Waals surface area contributed by atoms with E-state index in [1.807, 2.05) is 0 Å². The van der Waals surface area contributed by atoms with Gasteiger partial charge in [-0.15, -0.1) is 0 Å². The number of piperidine rings is 1. The molecule has 64 valence electrons. The molecule has 2 heteroatoms. The maximum atomic E-state index is 3.86. The Morgan fingerprint density at radius 3 is 2.91 bits per heavy atom. The second-order valence-electron chi connectivity index (χ2n) is 3.33. The fourth-order valence-electron chi connectivity index (χ4n) is 1.61. The van der Waals surface area contributed by atoms with Crippen LogP contribution in [0.4, 0.5) is 0 Å². The van der Waals surface area contributed by atoms with Crippen molar-refractivity contribution < 1.29 is 0 Å². The van der Waals surface area contributed by atoms with Crippen LogP contribution in [0.25, 0.3) is 0 Å². The monoisotopic (exact) mass is 217 g/mol. The molecule has 1 aliphatic heterocycles. The summed E-state index contributed by atoms with van der Waals surface area (Å²) in [6.45, 7) is 8.42. The van der Waals surface area contributed by atoms with Gasteiger partial charge in [-0.2, -0.15) is 0 Å². The Hall–Kier alpha value is 0.180. The third-order valence-corrected chi connectivity index (χ3v) is 2.57. The summed E-state index contributed by atoms with van der Waals surface area (Å²) < 4.78 is 1.10. The average molecular weight is 218 g/mol. The minimum absolute atomic E-state index is 0.748. The second-order valence-corrected chi connectivity index (χ2v) is 4.45. The molecule has 0 amide bonds. The lowest BCUT2D eigenvalue weighted by Crippen LogP contribution is -2.37. The van der Waals surface area contributed by atoms with E-state index >= 15 is 0 Å². The molecule has 0 bridgehead atoms. The summed E-state index contributed by atoms with van der Waals surface area (Å²) in [6, 6.07) is 0.748. The average Bonchev–Trinajstić information content (AvgIpc) is 1.93.